The van der Waals surface area contributed by atoms with Crippen molar-refractivity contribution in [2.75, 3.05) is 0 Å². The molecule has 0 N–H and O–H groups in total. The zero-order chi connectivity index (χ0) is 22.2. The van der Waals surface area contributed by atoms with Crippen molar-refractivity contribution in [2.45, 2.75) is 28.0 Å². The Bertz CT molecular complexity index is 1430. The SMILES string of the molecule is Cc1cccc2c1SC13Sc4c(C)cccc4C=[N+]1c1ccccc1-c1ccccc1[N+]3=C2. The highest BCUT2D eigenvalue weighted by molar-refractivity contribution is 8.17. The second-order valence-corrected chi connectivity index (χ2v) is 11.4. The van der Waals surface area contributed by atoms with Gasteiger partial charge in [-0.05, 0) is 49.2 Å². The molecule has 3 heterocycles. The third-order valence-electron chi connectivity index (χ3n) is 6.72. The van der Waals surface area contributed by atoms with Crippen molar-refractivity contribution in [3.05, 3.63) is 107 Å². The molecular weight excluding hydrogens is 440 g/mol. The van der Waals surface area contributed by atoms with Crippen LogP contribution in [0.25, 0.3) is 11.1 Å². The first-order chi connectivity index (χ1) is 16.2. The van der Waals surface area contributed by atoms with Gasteiger partial charge in [0.25, 0.3) is 0 Å². The molecule has 4 aromatic rings. The summed E-state index contributed by atoms with van der Waals surface area (Å²) in [5, 5.41) is 0. The first-order valence-electron chi connectivity index (χ1n) is 11.2. The molecule has 7 rings (SSSR count). The lowest BCUT2D eigenvalue weighted by Gasteiger charge is -2.31. The monoisotopic (exact) mass is 462 g/mol. The topological polar surface area (TPSA) is 6.02 Å². The summed E-state index contributed by atoms with van der Waals surface area (Å²) in [5.41, 5.74) is 10.2. The van der Waals surface area contributed by atoms with Crippen LogP contribution in [0.3, 0.4) is 0 Å². The molecule has 2 nitrogen and oxygen atoms in total. The normalized spacial score (nSPS) is 16.5. The molecular formula is C29H22N2S2+2. The highest BCUT2D eigenvalue weighted by atomic mass is 32.2. The van der Waals surface area contributed by atoms with E-state index in [1.54, 1.807) is 0 Å². The van der Waals surface area contributed by atoms with Gasteiger partial charge in [-0.1, -0.05) is 48.5 Å². The van der Waals surface area contributed by atoms with Crippen molar-refractivity contribution in [3.8, 4) is 11.1 Å². The third-order valence-corrected chi connectivity index (χ3v) is 10.1. The van der Waals surface area contributed by atoms with Crippen molar-refractivity contribution >= 4 is 47.3 Å². The van der Waals surface area contributed by atoms with Crippen LogP contribution in [0, 0.1) is 13.8 Å². The fourth-order valence-electron chi connectivity index (χ4n) is 5.14. The Kier molecular flexibility index (Phi) is 4.09. The second-order valence-electron chi connectivity index (χ2n) is 8.77. The van der Waals surface area contributed by atoms with Gasteiger partial charge in [-0.3, -0.25) is 0 Å². The molecule has 0 aromatic heterocycles. The Balaban J connectivity index is 1.66. The third kappa shape index (κ3) is 2.65. The Morgan fingerprint density at radius 2 is 1.00 bits per heavy atom. The molecule has 4 aromatic carbocycles. The lowest BCUT2D eigenvalue weighted by molar-refractivity contribution is -0.688. The summed E-state index contributed by atoms with van der Waals surface area (Å²) in [6.45, 7) is 4.45. The van der Waals surface area contributed by atoms with Crippen LogP contribution in [0.4, 0.5) is 11.4 Å². The maximum absolute atomic E-state index is 2.51. The average molecular weight is 463 g/mol. The Morgan fingerprint density at radius 1 is 0.545 bits per heavy atom. The molecule has 3 aliphatic rings. The average Bonchev–Trinajstić information content (AvgIpc) is 2.94. The van der Waals surface area contributed by atoms with Gasteiger partial charge in [-0.15, -0.1) is 9.15 Å². The van der Waals surface area contributed by atoms with E-state index in [4.69, 9.17) is 0 Å². The van der Waals surface area contributed by atoms with E-state index in [2.05, 4.69) is 120 Å². The molecule has 0 saturated heterocycles. The predicted octanol–water partition coefficient (Wildman–Crippen LogP) is 7.33. The first kappa shape index (κ1) is 19.4. The minimum Gasteiger partial charge on any atom is -0.113 e. The minimum absolute atomic E-state index is 0.402. The molecule has 4 heteroatoms. The van der Waals surface area contributed by atoms with E-state index < -0.39 is 4.33 Å². The Hall–Kier alpha value is -3.08. The molecule has 0 fully saturated rings. The van der Waals surface area contributed by atoms with Gasteiger partial charge in [0.15, 0.2) is 12.4 Å². The smallest absolute Gasteiger partial charge is 0.113 e. The number of thioether (sulfide) groups is 2. The molecule has 0 radical (unpaired) electrons. The van der Waals surface area contributed by atoms with Crippen LogP contribution in [0.5, 0.6) is 0 Å². The van der Waals surface area contributed by atoms with Crippen LogP contribution in [0.15, 0.2) is 94.7 Å². The zero-order valence-electron chi connectivity index (χ0n) is 18.4. The largest absolute Gasteiger partial charge is 0.471 e. The van der Waals surface area contributed by atoms with Gasteiger partial charge in [-0.2, -0.15) is 0 Å². The molecule has 158 valence electrons. The molecule has 33 heavy (non-hydrogen) atoms. The van der Waals surface area contributed by atoms with E-state index in [-0.39, 0.29) is 0 Å². The van der Waals surface area contributed by atoms with Gasteiger partial charge in [0, 0.05) is 45.4 Å². The number of hydrogen-bond donors (Lipinski definition) is 0. The molecule has 1 spiro atoms. The molecule has 0 amide bonds. The van der Waals surface area contributed by atoms with Crippen LogP contribution in [-0.2, 0) is 0 Å². The number of nitrogens with zero attached hydrogens (tertiary/aromatic N) is 2. The second kappa shape index (κ2) is 6.96. The van der Waals surface area contributed by atoms with Crippen LogP contribution < -0.4 is 0 Å². The predicted molar refractivity (Wildman–Crippen MR) is 139 cm³/mol. The minimum atomic E-state index is -0.402. The zero-order valence-corrected chi connectivity index (χ0v) is 20.1. The maximum Gasteiger partial charge on any atom is 0.471 e. The lowest BCUT2D eigenvalue weighted by atomic mass is 10.0. The van der Waals surface area contributed by atoms with E-state index >= 15 is 0 Å². The fourth-order valence-corrected chi connectivity index (χ4v) is 8.27. The van der Waals surface area contributed by atoms with E-state index in [0.717, 1.165) is 0 Å². The van der Waals surface area contributed by atoms with Gasteiger partial charge in [-0.25, -0.2) is 0 Å². The first-order valence-corrected chi connectivity index (χ1v) is 12.8. The maximum atomic E-state index is 2.51. The van der Waals surface area contributed by atoms with E-state index in [9.17, 15) is 0 Å². The van der Waals surface area contributed by atoms with E-state index in [1.807, 2.05) is 23.5 Å². The van der Waals surface area contributed by atoms with E-state index in [0.29, 0.717) is 0 Å². The number of fused-ring (bicyclic) bond motifs is 7. The number of aryl methyl sites for hydroxylation is 2. The summed E-state index contributed by atoms with van der Waals surface area (Å²) in [4.78, 5) is 2.71. The Morgan fingerprint density at radius 3 is 1.48 bits per heavy atom. The molecule has 0 unspecified atom stereocenters. The number of rotatable bonds is 0. The summed E-state index contributed by atoms with van der Waals surface area (Å²) in [5.74, 6) is 0. The quantitative estimate of drug-likeness (QED) is 0.252. The molecule has 0 aliphatic carbocycles. The summed E-state index contributed by atoms with van der Waals surface area (Å²) in [7, 11) is 0. The Labute approximate surface area is 202 Å². The summed E-state index contributed by atoms with van der Waals surface area (Å²) in [6.07, 6.45) is 4.72. The number of hydrogen-bond acceptors (Lipinski definition) is 2. The summed E-state index contributed by atoms with van der Waals surface area (Å²) < 4.78 is 4.61. The van der Waals surface area contributed by atoms with Gasteiger partial charge in [0.05, 0.1) is 22.3 Å². The van der Waals surface area contributed by atoms with E-state index in [1.165, 1.54) is 54.5 Å². The van der Waals surface area contributed by atoms with Crippen molar-refractivity contribution in [1.29, 1.82) is 0 Å². The molecule has 3 aliphatic heterocycles. The number of para-hydroxylation sites is 2. The van der Waals surface area contributed by atoms with Crippen molar-refractivity contribution in [1.82, 2.24) is 0 Å². The summed E-state index contributed by atoms with van der Waals surface area (Å²) >= 11 is 3.93. The van der Waals surface area contributed by atoms with Crippen LogP contribution in [0.2, 0.25) is 0 Å². The fraction of sp³-hybridized carbons (Fsp3) is 0.103. The highest BCUT2D eigenvalue weighted by Crippen LogP contribution is 2.59. The molecule has 0 bridgehead atoms. The summed E-state index contributed by atoms with van der Waals surface area (Å²) in [6, 6.07) is 30.9. The van der Waals surface area contributed by atoms with Gasteiger partial charge >= 0.3 is 4.33 Å². The highest BCUT2D eigenvalue weighted by Gasteiger charge is 2.63. The van der Waals surface area contributed by atoms with Crippen molar-refractivity contribution in [2.24, 2.45) is 0 Å². The van der Waals surface area contributed by atoms with Crippen molar-refractivity contribution in [3.63, 3.8) is 0 Å². The van der Waals surface area contributed by atoms with Crippen molar-refractivity contribution < 1.29 is 9.15 Å². The standard InChI is InChI=1S/C29H22N2S2/c1-19-9-7-11-21-17-30-25-15-5-3-13-23(25)24-14-4-6-16-26(24)31-18-22-12-8-10-20(2)28(22)33-29(30,31)32-27(19)21/h3-18H,1-2H3/q+2. The number of benzene rings is 4. The van der Waals surface area contributed by atoms with Crippen LogP contribution in [0.1, 0.15) is 22.3 Å². The van der Waals surface area contributed by atoms with Crippen LogP contribution >= 0.6 is 23.5 Å². The molecule has 0 atom stereocenters. The van der Waals surface area contributed by atoms with Gasteiger partial charge in [0.1, 0.15) is 0 Å². The molecule has 0 saturated carbocycles. The lowest BCUT2D eigenvalue weighted by Crippen LogP contribution is -2.46. The van der Waals surface area contributed by atoms with Gasteiger partial charge < -0.3 is 0 Å². The van der Waals surface area contributed by atoms with Gasteiger partial charge in [0.2, 0.25) is 11.4 Å². The van der Waals surface area contributed by atoms with Crippen LogP contribution in [-0.4, -0.2) is 25.9 Å².